The fraction of sp³-hybridized carbons (Fsp3) is 1.00. The van der Waals surface area contributed by atoms with Crippen LogP contribution in [0.5, 0.6) is 0 Å². The third-order valence-electron chi connectivity index (χ3n) is 4.44. The molecule has 0 aromatic rings. The summed E-state index contributed by atoms with van der Waals surface area (Å²) in [6, 6.07) is 0. The Morgan fingerprint density at radius 2 is 1.69 bits per heavy atom. The molecule has 0 aliphatic heterocycles. The number of hydrogen-bond acceptors (Lipinski definition) is 2. The van der Waals surface area contributed by atoms with Crippen molar-refractivity contribution in [2.24, 2.45) is 5.92 Å². The molecule has 0 radical (unpaired) electrons. The molecule has 2 nitrogen and oxygen atoms in total. The number of rotatable bonds is 5. The molecule has 2 aliphatic carbocycles. The molecule has 2 N–H and O–H groups in total. The molecule has 0 saturated heterocycles. The minimum Gasteiger partial charge on any atom is -0.389 e. The van der Waals surface area contributed by atoms with Gasteiger partial charge in [0, 0.05) is 6.54 Å². The summed E-state index contributed by atoms with van der Waals surface area (Å²) in [4.78, 5) is 0. The van der Waals surface area contributed by atoms with Gasteiger partial charge in [-0.25, -0.2) is 0 Å². The average molecular weight is 225 g/mol. The molecule has 94 valence electrons. The van der Waals surface area contributed by atoms with E-state index in [0.717, 1.165) is 31.8 Å². The summed E-state index contributed by atoms with van der Waals surface area (Å²) < 4.78 is 0. The molecule has 0 spiro atoms. The molecular formula is C14H27NO. The highest BCUT2D eigenvalue weighted by molar-refractivity contribution is 4.84. The van der Waals surface area contributed by atoms with Crippen molar-refractivity contribution in [3.63, 3.8) is 0 Å². The molecule has 16 heavy (non-hydrogen) atoms. The largest absolute Gasteiger partial charge is 0.389 e. The van der Waals surface area contributed by atoms with Crippen LogP contribution in [0.25, 0.3) is 0 Å². The molecule has 0 atom stereocenters. The van der Waals surface area contributed by atoms with Gasteiger partial charge in [0.25, 0.3) is 0 Å². The summed E-state index contributed by atoms with van der Waals surface area (Å²) in [6.07, 6.45) is 12.8. The molecule has 2 saturated carbocycles. The molecule has 0 aromatic heterocycles. The normalized spacial score (nSPS) is 26.1. The third kappa shape index (κ3) is 3.74. The molecule has 0 bridgehead atoms. The van der Waals surface area contributed by atoms with Crippen LogP contribution in [0.3, 0.4) is 0 Å². The van der Waals surface area contributed by atoms with E-state index < -0.39 is 0 Å². The number of hydrogen-bond donors (Lipinski definition) is 2. The Hall–Kier alpha value is -0.0800. The standard InChI is InChI=1S/C14H27NO/c16-14(9-4-1-5-10-14)12-15-11-8-13-6-2-3-7-13/h13,15-16H,1-12H2. The van der Waals surface area contributed by atoms with Gasteiger partial charge in [-0.2, -0.15) is 0 Å². The molecular weight excluding hydrogens is 198 g/mol. The Morgan fingerprint density at radius 3 is 2.38 bits per heavy atom. The topological polar surface area (TPSA) is 32.3 Å². The van der Waals surface area contributed by atoms with Crippen LogP contribution in [0.15, 0.2) is 0 Å². The first kappa shape index (κ1) is 12.4. The number of aliphatic hydroxyl groups is 1. The van der Waals surface area contributed by atoms with E-state index in [2.05, 4.69) is 5.32 Å². The van der Waals surface area contributed by atoms with Crippen molar-refractivity contribution in [1.29, 1.82) is 0 Å². The van der Waals surface area contributed by atoms with Gasteiger partial charge >= 0.3 is 0 Å². The first-order valence-corrected chi connectivity index (χ1v) is 7.22. The van der Waals surface area contributed by atoms with Crippen LogP contribution in [0.2, 0.25) is 0 Å². The van der Waals surface area contributed by atoms with Crippen LogP contribution < -0.4 is 5.32 Å². The van der Waals surface area contributed by atoms with E-state index in [1.54, 1.807) is 0 Å². The van der Waals surface area contributed by atoms with Crippen LogP contribution in [0, 0.1) is 5.92 Å². The summed E-state index contributed by atoms with van der Waals surface area (Å²) >= 11 is 0. The van der Waals surface area contributed by atoms with Gasteiger partial charge in [0.2, 0.25) is 0 Å². The molecule has 0 heterocycles. The Morgan fingerprint density at radius 1 is 1.00 bits per heavy atom. The maximum Gasteiger partial charge on any atom is 0.0771 e. The first-order valence-electron chi connectivity index (χ1n) is 7.22. The van der Waals surface area contributed by atoms with E-state index >= 15 is 0 Å². The van der Waals surface area contributed by atoms with Crippen molar-refractivity contribution < 1.29 is 5.11 Å². The van der Waals surface area contributed by atoms with Crippen molar-refractivity contribution in [3.05, 3.63) is 0 Å². The summed E-state index contributed by atoms with van der Waals surface area (Å²) in [5.74, 6) is 0.966. The molecule has 0 aromatic carbocycles. The second-order valence-corrected chi connectivity index (χ2v) is 5.90. The lowest BCUT2D eigenvalue weighted by Gasteiger charge is -2.32. The van der Waals surface area contributed by atoms with Crippen LogP contribution in [0.4, 0.5) is 0 Å². The summed E-state index contributed by atoms with van der Waals surface area (Å²) in [5, 5.41) is 13.8. The van der Waals surface area contributed by atoms with Crippen LogP contribution >= 0.6 is 0 Å². The highest BCUT2D eigenvalue weighted by Crippen LogP contribution is 2.28. The van der Waals surface area contributed by atoms with Crippen molar-refractivity contribution in [3.8, 4) is 0 Å². The van der Waals surface area contributed by atoms with Gasteiger partial charge in [-0.1, -0.05) is 44.9 Å². The van der Waals surface area contributed by atoms with Crippen molar-refractivity contribution in [2.75, 3.05) is 13.1 Å². The van der Waals surface area contributed by atoms with E-state index in [4.69, 9.17) is 0 Å². The zero-order chi connectivity index (χ0) is 11.3. The maximum atomic E-state index is 10.3. The Bertz CT molecular complexity index is 193. The van der Waals surface area contributed by atoms with E-state index in [-0.39, 0.29) is 5.60 Å². The zero-order valence-electron chi connectivity index (χ0n) is 10.5. The molecule has 2 aliphatic rings. The quantitative estimate of drug-likeness (QED) is 0.705. The van der Waals surface area contributed by atoms with E-state index in [1.165, 1.54) is 51.4 Å². The highest BCUT2D eigenvalue weighted by Gasteiger charge is 2.28. The van der Waals surface area contributed by atoms with Crippen LogP contribution in [0.1, 0.15) is 64.2 Å². The minimum atomic E-state index is -0.381. The van der Waals surface area contributed by atoms with E-state index in [9.17, 15) is 5.11 Å². The Balaban J connectivity index is 1.56. The fourth-order valence-electron chi connectivity index (χ4n) is 3.31. The lowest BCUT2D eigenvalue weighted by molar-refractivity contribution is 0.00486. The average Bonchev–Trinajstić information content (AvgIpc) is 2.78. The Kier molecular flexibility index (Phi) is 4.66. The first-order chi connectivity index (χ1) is 7.79. The zero-order valence-corrected chi connectivity index (χ0v) is 10.5. The van der Waals surface area contributed by atoms with Gasteiger partial charge in [-0.3, -0.25) is 0 Å². The highest BCUT2D eigenvalue weighted by atomic mass is 16.3. The predicted molar refractivity (Wildman–Crippen MR) is 67.5 cm³/mol. The number of nitrogens with one attached hydrogen (secondary N) is 1. The van der Waals surface area contributed by atoms with Gasteiger partial charge in [-0.15, -0.1) is 0 Å². The van der Waals surface area contributed by atoms with Crippen LogP contribution in [-0.4, -0.2) is 23.8 Å². The lowest BCUT2D eigenvalue weighted by atomic mass is 9.85. The maximum absolute atomic E-state index is 10.3. The predicted octanol–water partition coefficient (Wildman–Crippen LogP) is 2.85. The van der Waals surface area contributed by atoms with Gasteiger partial charge in [0.05, 0.1) is 5.60 Å². The van der Waals surface area contributed by atoms with Gasteiger partial charge < -0.3 is 10.4 Å². The second-order valence-electron chi connectivity index (χ2n) is 5.90. The second kappa shape index (κ2) is 6.02. The van der Waals surface area contributed by atoms with Crippen LogP contribution in [-0.2, 0) is 0 Å². The molecule has 2 fully saturated rings. The molecule has 0 unspecified atom stereocenters. The molecule has 2 rings (SSSR count). The van der Waals surface area contributed by atoms with Gasteiger partial charge in [-0.05, 0) is 31.7 Å². The summed E-state index contributed by atoms with van der Waals surface area (Å²) in [7, 11) is 0. The summed E-state index contributed by atoms with van der Waals surface area (Å²) in [5.41, 5.74) is -0.381. The Labute approximate surface area is 99.8 Å². The monoisotopic (exact) mass is 225 g/mol. The van der Waals surface area contributed by atoms with Gasteiger partial charge in [0.1, 0.15) is 0 Å². The van der Waals surface area contributed by atoms with E-state index in [0.29, 0.717) is 0 Å². The fourth-order valence-corrected chi connectivity index (χ4v) is 3.31. The third-order valence-corrected chi connectivity index (χ3v) is 4.44. The van der Waals surface area contributed by atoms with Crippen molar-refractivity contribution in [2.45, 2.75) is 69.8 Å². The molecule has 2 heteroatoms. The SMILES string of the molecule is OC1(CNCCC2CCCC2)CCCCC1. The van der Waals surface area contributed by atoms with Crippen molar-refractivity contribution >= 4 is 0 Å². The lowest BCUT2D eigenvalue weighted by Crippen LogP contribution is -2.42. The van der Waals surface area contributed by atoms with Crippen molar-refractivity contribution in [1.82, 2.24) is 5.32 Å². The van der Waals surface area contributed by atoms with Gasteiger partial charge in [0.15, 0.2) is 0 Å². The van der Waals surface area contributed by atoms with E-state index in [1.807, 2.05) is 0 Å². The summed E-state index contributed by atoms with van der Waals surface area (Å²) in [6.45, 7) is 1.92. The molecule has 0 amide bonds. The minimum absolute atomic E-state index is 0.381. The smallest absolute Gasteiger partial charge is 0.0771 e.